The van der Waals surface area contributed by atoms with Crippen molar-refractivity contribution < 1.29 is 0 Å². The molecule has 0 unspecified atom stereocenters. The average Bonchev–Trinajstić information content (AvgIpc) is 1.65. The first-order valence-electron chi connectivity index (χ1n) is 1.58. The largest absolute Gasteiger partial charge is 0.308 e. The fourth-order valence-electron chi connectivity index (χ4n) is 0.0315. The van der Waals surface area contributed by atoms with E-state index in [1.807, 2.05) is 11.0 Å². The monoisotopic (exact) mass is 195 g/mol. The van der Waals surface area contributed by atoms with Gasteiger partial charge in [0.2, 0.25) is 0 Å². The number of allylic oxidation sites excluding steroid dienone is 1. The van der Waals surface area contributed by atoms with E-state index < -0.39 is 0 Å². The number of rotatable bonds is 1. The molecular weight excluding hydrogens is 189 g/mol. The first-order valence-corrected chi connectivity index (χ1v) is 2.83. The molecule has 0 aromatic heterocycles. The summed E-state index contributed by atoms with van der Waals surface area (Å²) in [4.78, 5) is 0. The lowest BCUT2D eigenvalue weighted by molar-refractivity contribution is 1.52. The summed E-state index contributed by atoms with van der Waals surface area (Å²) < 4.78 is 1.87. The normalized spacial score (nSPS) is 11.3. The second-order valence-corrected chi connectivity index (χ2v) is 1.62. The van der Waals surface area contributed by atoms with Crippen molar-refractivity contribution in [2.75, 3.05) is 0 Å². The van der Waals surface area contributed by atoms with Crippen LogP contribution in [0.4, 0.5) is 0 Å². The Hall–Kier alpha value is 0.140. The van der Waals surface area contributed by atoms with Gasteiger partial charge >= 0.3 is 0 Å². The molecule has 6 heavy (non-hydrogen) atoms. The summed E-state index contributed by atoms with van der Waals surface area (Å²) in [6.45, 7) is 1.89. The zero-order valence-corrected chi connectivity index (χ0v) is 5.69. The van der Waals surface area contributed by atoms with Crippen LogP contribution in [0, 0.1) is 5.41 Å². The highest BCUT2D eigenvalue weighted by atomic mass is 127. The van der Waals surface area contributed by atoms with Crippen molar-refractivity contribution in [3.05, 3.63) is 9.66 Å². The van der Waals surface area contributed by atoms with Crippen LogP contribution in [-0.2, 0) is 0 Å². The van der Waals surface area contributed by atoms with Gasteiger partial charge in [-0.05, 0) is 16.6 Å². The number of halogens is 1. The summed E-state index contributed by atoms with van der Waals surface area (Å²) in [5.41, 5.74) is 0.996. The first-order chi connectivity index (χ1) is 2.81. The molecule has 0 atom stereocenters. The van der Waals surface area contributed by atoms with Crippen molar-refractivity contribution >= 4 is 28.8 Å². The van der Waals surface area contributed by atoms with Gasteiger partial charge in [0, 0.05) is 6.21 Å². The van der Waals surface area contributed by atoms with Gasteiger partial charge in [-0.3, -0.25) is 0 Å². The first kappa shape index (κ1) is 6.14. The van der Waals surface area contributed by atoms with E-state index in [2.05, 4.69) is 22.6 Å². The zero-order valence-electron chi connectivity index (χ0n) is 3.53. The van der Waals surface area contributed by atoms with Gasteiger partial charge in [-0.15, -0.1) is 0 Å². The van der Waals surface area contributed by atoms with Crippen molar-refractivity contribution in [2.45, 2.75) is 6.92 Å². The van der Waals surface area contributed by atoms with Crippen LogP contribution in [-0.4, -0.2) is 6.21 Å². The Kier molecular flexibility index (Phi) is 3.41. The van der Waals surface area contributed by atoms with Crippen molar-refractivity contribution in [3.8, 4) is 0 Å². The van der Waals surface area contributed by atoms with Crippen molar-refractivity contribution in [2.24, 2.45) is 0 Å². The van der Waals surface area contributed by atoms with Crippen LogP contribution in [0.3, 0.4) is 0 Å². The topological polar surface area (TPSA) is 23.9 Å². The van der Waals surface area contributed by atoms with E-state index in [0.717, 1.165) is 5.57 Å². The predicted octanol–water partition coefficient (Wildman–Crippen LogP) is 1.97. The van der Waals surface area contributed by atoms with E-state index in [0.29, 0.717) is 0 Å². The van der Waals surface area contributed by atoms with E-state index in [4.69, 9.17) is 5.41 Å². The van der Waals surface area contributed by atoms with Crippen LogP contribution in [0.2, 0.25) is 0 Å². The van der Waals surface area contributed by atoms with Crippen molar-refractivity contribution in [1.82, 2.24) is 0 Å². The maximum absolute atomic E-state index is 6.61. The summed E-state index contributed by atoms with van der Waals surface area (Å²) >= 11 is 2.10. The molecule has 2 heteroatoms. The van der Waals surface area contributed by atoms with Crippen molar-refractivity contribution in [1.29, 1.82) is 5.41 Å². The Balaban J connectivity index is 3.50. The Morgan fingerprint density at radius 2 is 2.33 bits per heavy atom. The van der Waals surface area contributed by atoms with Crippen LogP contribution in [0.25, 0.3) is 0 Å². The fourth-order valence-corrected chi connectivity index (χ4v) is 0.211. The van der Waals surface area contributed by atoms with Gasteiger partial charge in [0.1, 0.15) is 0 Å². The molecule has 0 saturated carbocycles. The van der Waals surface area contributed by atoms with E-state index in [1.165, 1.54) is 6.21 Å². The quantitative estimate of drug-likeness (QED) is 0.488. The molecule has 0 aliphatic heterocycles. The third-order valence-corrected chi connectivity index (χ3v) is 1.38. The second kappa shape index (κ2) is 3.33. The van der Waals surface area contributed by atoms with Crippen LogP contribution >= 0.6 is 22.6 Å². The molecule has 1 N–H and O–H groups in total. The minimum Gasteiger partial charge on any atom is -0.308 e. The van der Waals surface area contributed by atoms with Crippen LogP contribution < -0.4 is 0 Å². The van der Waals surface area contributed by atoms with Gasteiger partial charge in [0.05, 0.1) is 0 Å². The summed E-state index contributed by atoms with van der Waals surface area (Å²) in [5.74, 6) is 0. The Bertz CT molecular complexity index is 75.6. The number of hydrogen-bond donors (Lipinski definition) is 1. The van der Waals surface area contributed by atoms with Crippen LogP contribution in [0.1, 0.15) is 6.92 Å². The molecule has 0 heterocycles. The summed E-state index contributed by atoms with van der Waals surface area (Å²) in [5, 5.41) is 6.61. The van der Waals surface area contributed by atoms with Crippen LogP contribution in [0.5, 0.6) is 0 Å². The van der Waals surface area contributed by atoms with E-state index in [9.17, 15) is 0 Å². The standard InChI is InChI=1S/C4H6IN/c1-4(2-5)3-6/h2-3,6H,1H3/b4-2-,6-3?. The number of hydrogen-bond acceptors (Lipinski definition) is 1. The highest BCUT2D eigenvalue weighted by molar-refractivity contribution is 14.1. The van der Waals surface area contributed by atoms with Gasteiger partial charge in [0.25, 0.3) is 0 Å². The van der Waals surface area contributed by atoms with Gasteiger partial charge in [-0.1, -0.05) is 22.6 Å². The molecule has 0 saturated heterocycles. The fraction of sp³-hybridized carbons (Fsp3) is 0.250. The van der Waals surface area contributed by atoms with E-state index in [-0.39, 0.29) is 0 Å². The lowest BCUT2D eigenvalue weighted by Crippen LogP contribution is -1.66. The lowest BCUT2D eigenvalue weighted by atomic mass is 10.4. The molecule has 0 rings (SSSR count). The summed E-state index contributed by atoms with van der Waals surface area (Å²) in [7, 11) is 0. The molecule has 0 aromatic carbocycles. The lowest BCUT2D eigenvalue weighted by Gasteiger charge is -1.75. The minimum absolute atomic E-state index is 0.996. The van der Waals surface area contributed by atoms with Gasteiger partial charge in [-0.2, -0.15) is 0 Å². The summed E-state index contributed by atoms with van der Waals surface area (Å²) in [6, 6.07) is 0. The molecule has 34 valence electrons. The molecule has 0 aliphatic carbocycles. The highest BCUT2D eigenvalue weighted by Crippen LogP contribution is 1.91. The predicted molar refractivity (Wildman–Crippen MR) is 36.6 cm³/mol. The molecular formula is C4H6IN. The molecule has 0 spiro atoms. The Labute approximate surface area is 51.1 Å². The molecule has 0 aromatic rings. The average molecular weight is 195 g/mol. The molecule has 0 aliphatic rings. The maximum Gasteiger partial charge on any atom is 0.0211 e. The Morgan fingerprint density at radius 3 is 2.33 bits per heavy atom. The maximum atomic E-state index is 6.61. The minimum atomic E-state index is 0.996. The SMILES string of the molecule is C/C(C=N)=C/I. The van der Waals surface area contributed by atoms with E-state index in [1.54, 1.807) is 0 Å². The van der Waals surface area contributed by atoms with E-state index >= 15 is 0 Å². The molecule has 0 amide bonds. The molecule has 0 bridgehead atoms. The molecule has 0 fully saturated rings. The number of nitrogens with one attached hydrogen (secondary N) is 1. The third kappa shape index (κ3) is 2.38. The van der Waals surface area contributed by atoms with Crippen LogP contribution in [0.15, 0.2) is 9.66 Å². The Morgan fingerprint density at radius 1 is 1.83 bits per heavy atom. The second-order valence-electron chi connectivity index (χ2n) is 0.997. The van der Waals surface area contributed by atoms with Gasteiger partial charge in [-0.25, -0.2) is 0 Å². The summed E-state index contributed by atoms with van der Waals surface area (Å²) in [6.07, 6.45) is 1.33. The molecule has 0 radical (unpaired) electrons. The molecule has 1 nitrogen and oxygen atoms in total. The van der Waals surface area contributed by atoms with Crippen molar-refractivity contribution in [3.63, 3.8) is 0 Å². The van der Waals surface area contributed by atoms with Gasteiger partial charge in [0.15, 0.2) is 0 Å². The smallest absolute Gasteiger partial charge is 0.0211 e. The zero-order chi connectivity index (χ0) is 4.99. The van der Waals surface area contributed by atoms with Gasteiger partial charge < -0.3 is 5.41 Å². The third-order valence-electron chi connectivity index (χ3n) is 0.400. The highest BCUT2D eigenvalue weighted by Gasteiger charge is 1.69.